The molecule has 192 valence electrons. The van der Waals surface area contributed by atoms with E-state index in [9.17, 15) is 9.59 Å². The molecule has 3 aromatic rings. The summed E-state index contributed by atoms with van der Waals surface area (Å²) in [7, 11) is 2.10. The highest BCUT2D eigenvalue weighted by atomic mass is 16.5. The van der Waals surface area contributed by atoms with Gasteiger partial charge in [-0.15, -0.1) is 0 Å². The molecule has 0 saturated carbocycles. The summed E-state index contributed by atoms with van der Waals surface area (Å²) in [5, 5.41) is 5.21. The van der Waals surface area contributed by atoms with Crippen molar-refractivity contribution in [3.8, 4) is 6.01 Å². The zero-order chi connectivity index (χ0) is 25.8. The molecule has 3 heterocycles. The zero-order valence-electron chi connectivity index (χ0n) is 21.3. The number of amides is 1. The predicted molar refractivity (Wildman–Crippen MR) is 144 cm³/mol. The van der Waals surface area contributed by atoms with E-state index in [4.69, 9.17) is 9.72 Å². The number of ether oxygens (including phenoxy) is 1. The minimum Gasteiger partial charge on any atom is -0.462 e. The third-order valence-corrected chi connectivity index (χ3v) is 7.33. The molecule has 2 aliphatic heterocycles. The molecule has 1 aromatic heterocycles. The third-order valence-electron chi connectivity index (χ3n) is 7.33. The van der Waals surface area contributed by atoms with Gasteiger partial charge in [0.25, 0.3) is 5.91 Å². The van der Waals surface area contributed by atoms with Gasteiger partial charge in [0.15, 0.2) is 5.78 Å². The van der Waals surface area contributed by atoms with E-state index in [2.05, 4.69) is 70.1 Å². The summed E-state index contributed by atoms with van der Waals surface area (Å²) >= 11 is 0. The molecule has 5 rings (SSSR count). The number of anilines is 1. The number of ketones is 1. The van der Waals surface area contributed by atoms with E-state index in [1.807, 2.05) is 6.07 Å². The molecule has 1 N–H and O–H groups in total. The van der Waals surface area contributed by atoms with Crippen LogP contribution in [-0.4, -0.2) is 65.9 Å². The van der Waals surface area contributed by atoms with Crippen LogP contribution < -0.4 is 15.0 Å². The average Bonchev–Trinajstić information content (AvgIpc) is 3.34. The van der Waals surface area contributed by atoms with Gasteiger partial charge in [-0.3, -0.25) is 9.59 Å². The number of nitrogens with zero attached hydrogens (tertiary/aromatic N) is 4. The lowest BCUT2D eigenvalue weighted by Gasteiger charge is -2.31. The molecule has 0 radical (unpaired) electrons. The van der Waals surface area contributed by atoms with E-state index in [-0.39, 0.29) is 30.7 Å². The molecule has 1 amide bonds. The first kappa shape index (κ1) is 24.9. The molecule has 0 bridgehead atoms. The molecular weight excluding hydrogens is 466 g/mol. The molecule has 0 aliphatic carbocycles. The van der Waals surface area contributed by atoms with Crippen molar-refractivity contribution in [2.75, 3.05) is 38.2 Å². The number of carbonyl (C=O) groups excluding carboxylic acids is 2. The van der Waals surface area contributed by atoms with Crippen molar-refractivity contribution in [1.82, 2.24) is 20.2 Å². The van der Waals surface area contributed by atoms with Gasteiger partial charge in [0.2, 0.25) is 0 Å². The largest absolute Gasteiger partial charge is 0.462 e. The number of aromatic nitrogens is 2. The summed E-state index contributed by atoms with van der Waals surface area (Å²) in [5.41, 5.74) is 3.13. The average molecular weight is 500 g/mol. The summed E-state index contributed by atoms with van der Waals surface area (Å²) in [6.45, 7) is 6.55. The van der Waals surface area contributed by atoms with Crippen LogP contribution in [0, 0.1) is 0 Å². The number of fused-ring (bicyclic) bond motifs is 2. The molecule has 1 fully saturated rings. The number of hydrogen-bond donors (Lipinski definition) is 1. The lowest BCUT2D eigenvalue weighted by Crippen LogP contribution is -2.36. The standard InChI is InChI=1S/C29H33N5O3/c1-3-22(35)13-15-30-28(36)27-24-14-17-34(26-12-6-9-20-8-4-5-11-23(20)26)18-25(24)31-29(32-27)37-19-21-10-7-16-33(21)2/h3-6,8-9,11-12,21H,1,7,10,13-19H2,2H3,(H,30,36)/t21-/m0/s1. The summed E-state index contributed by atoms with van der Waals surface area (Å²) in [6, 6.07) is 15.2. The van der Waals surface area contributed by atoms with Crippen molar-refractivity contribution in [3.63, 3.8) is 0 Å². The Bertz CT molecular complexity index is 1320. The van der Waals surface area contributed by atoms with Gasteiger partial charge in [0.1, 0.15) is 12.3 Å². The molecule has 1 saturated heterocycles. The fourth-order valence-corrected chi connectivity index (χ4v) is 5.20. The van der Waals surface area contributed by atoms with Crippen molar-refractivity contribution >= 4 is 28.2 Å². The molecule has 8 nitrogen and oxygen atoms in total. The van der Waals surface area contributed by atoms with Gasteiger partial charge >= 0.3 is 6.01 Å². The monoisotopic (exact) mass is 499 g/mol. The molecule has 1 atom stereocenters. The van der Waals surface area contributed by atoms with Crippen molar-refractivity contribution in [2.45, 2.75) is 38.3 Å². The fraction of sp³-hybridized carbons (Fsp3) is 0.379. The Labute approximate surface area is 217 Å². The molecule has 0 spiro atoms. The van der Waals surface area contributed by atoms with Crippen molar-refractivity contribution in [1.29, 1.82) is 0 Å². The maximum absolute atomic E-state index is 13.2. The van der Waals surface area contributed by atoms with Crippen LogP contribution in [0.25, 0.3) is 10.8 Å². The Balaban J connectivity index is 1.42. The van der Waals surface area contributed by atoms with Crippen LogP contribution >= 0.6 is 0 Å². The molecule has 37 heavy (non-hydrogen) atoms. The second kappa shape index (κ2) is 11.1. The van der Waals surface area contributed by atoms with Gasteiger partial charge in [-0.05, 0) is 50.4 Å². The van der Waals surface area contributed by atoms with E-state index in [1.54, 1.807) is 0 Å². The quantitative estimate of drug-likeness (QED) is 0.451. The second-order valence-electron chi connectivity index (χ2n) is 9.71. The fourth-order valence-electron chi connectivity index (χ4n) is 5.20. The Kier molecular flexibility index (Phi) is 7.46. The smallest absolute Gasteiger partial charge is 0.317 e. The lowest BCUT2D eigenvalue weighted by atomic mass is 10.00. The highest BCUT2D eigenvalue weighted by Crippen LogP contribution is 2.32. The summed E-state index contributed by atoms with van der Waals surface area (Å²) in [5.74, 6) is -0.419. The van der Waals surface area contributed by atoms with Gasteiger partial charge in [-0.1, -0.05) is 43.0 Å². The van der Waals surface area contributed by atoms with Gasteiger partial charge in [-0.2, -0.15) is 9.97 Å². The van der Waals surface area contributed by atoms with Crippen LogP contribution in [0.4, 0.5) is 5.69 Å². The van der Waals surface area contributed by atoms with Gasteiger partial charge in [-0.25, -0.2) is 0 Å². The van der Waals surface area contributed by atoms with E-state index in [0.29, 0.717) is 31.3 Å². The van der Waals surface area contributed by atoms with Crippen molar-refractivity contribution in [3.05, 3.63) is 72.1 Å². The van der Waals surface area contributed by atoms with Crippen LogP contribution in [0.2, 0.25) is 0 Å². The van der Waals surface area contributed by atoms with Crippen LogP contribution in [0.3, 0.4) is 0 Å². The lowest BCUT2D eigenvalue weighted by molar-refractivity contribution is -0.114. The number of likely N-dealkylation sites (tertiary alicyclic amines) is 1. The van der Waals surface area contributed by atoms with Gasteiger partial charge < -0.3 is 19.9 Å². The van der Waals surface area contributed by atoms with Crippen LogP contribution in [-0.2, 0) is 17.8 Å². The normalized spacial score (nSPS) is 17.4. The van der Waals surface area contributed by atoms with Gasteiger partial charge in [0.05, 0.1) is 12.2 Å². The highest BCUT2D eigenvalue weighted by Gasteiger charge is 2.28. The Morgan fingerprint density at radius 3 is 2.81 bits per heavy atom. The number of allylic oxidation sites excluding steroid dienone is 1. The first-order valence-corrected chi connectivity index (χ1v) is 12.9. The second-order valence-corrected chi connectivity index (χ2v) is 9.71. The summed E-state index contributed by atoms with van der Waals surface area (Å²) in [6.07, 6.45) is 4.33. The molecule has 2 aliphatic rings. The number of likely N-dealkylation sites (N-methyl/N-ethyl adjacent to an activating group) is 1. The maximum atomic E-state index is 13.2. The Hall–Kier alpha value is -3.78. The zero-order valence-corrected chi connectivity index (χ0v) is 21.3. The van der Waals surface area contributed by atoms with E-state index in [1.165, 1.54) is 16.8 Å². The molecule has 2 aromatic carbocycles. The Morgan fingerprint density at radius 1 is 1.16 bits per heavy atom. The third kappa shape index (κ3) is 5.49. The van der Waals surface area contributed by atoms with E-state index < -0.39 is 0 Å². The highest BCUT2D eigenvalue weighted by molar-refractivity contribution is 5.96. The molecular formula is C29H33N5O3. The van der Waals surface area contributed by atoms with Crippen molar-refractivity contribution in [2.24, 2.45) is 0 Å². The number of rotatable bonds is 9. The minimum absolute atomic E-state index is 0.111. The maximum Gasteiger partial charge on any atom is 0.317 e. The first-order chi connectivity index (χ1) is 18.0. The van der Waals surface area contributed by atoms with Crippen LogP contribution in [0.15, 0.2) is 55.1 Å². The topological polar surface area (TPSA) is 87.7 Å². The summed E-state index contributed by atoms with van der Waals surface area (Å²) < 4.78 is 6.06. The SMILES string of the molecule is C=CC(=O)CCNC(=O)c1nc(OC[C@@H]2CCCN2C)nc2c1CCN(c1cccc3ccccc13)C2. The van der Waals surface area contributed by atoms with Crippen LogP contribution in [0.5, 0.6) is 6.01 Å². The summed E-state index contributed by atoms with van der Waals surface area (Å²) in [4.78, 5) is 38.7. The number of nitrogens with one attached hydrogen (secondary N) is 1. The van der Waals surface area contributed by atoms with Crippen LogP contribution in [0.1, 0.15) is 41.0 Å². The molecule has 8 heteroatoms. The number of benzene rings is 2. The number of hydrogen-bond acceptors (Lipinski definition) is 7. The van der Waals surface area contributed by atoms with E-state index >= 15 is 0 Å². The minimum atomic E-state index is -0.308. The van der Waals surface area contributed by atoms with Crippen molar-refractivity contribution < 1.29 is 14.3 Å². The van der Waals surface area contributed by atoms with Gasteiger partial charge in [0, 0.05) is 42.2 Å². The predicted octanol–water partition coefficient (Wildman–Crippen LogP) is 3.54. The number of carbonyl (C=O) groups is 2. The van der Waals surface area contributed by atoms with E-state index in [0.717, 1.165) is 42.9 Å². The first-order valence-electron chi connectivity index (χ1n) is 12.9. The Morgan fingerprint density at radius 2 is 2.00 bits per heavy atom. The molecule has 0 unspecified atom stereocenters.